The van der Waals surface area contributed by atoms with Gasteiger partial charge >= 0.3 is 6.18 Å². The van der Waals surface area contributed by atoms with Crippen LogP contribution >= 0.6 is 0 Å². The van der Waals surface area contributed by atoms with Gasteiger partial charge in [-0.15, -0.1) is 34.9 Å². The van der Waals surface area contributed by atoms with Gasteiger partial charge in [-0.05, 0) is 69.0 Å². The van der Waals surface area contributed by atoms with E-state index in [1.807, 2.05) is 44.2 Å². The smallest absolute Gasteiger partial charge is 0.389 e. The summed E-state index contributed by atoms with van der Waals surface area (Å²) in [7, 11) is 0. The van der Waals surface area contributed by atoms with Gasteiger partial charge in [-0.3, -0.25) is 4.79 Å². The molecule has 0 fully saturated rings. The number of halogens is 3. The maximum atomic E-state index is 12.5. The van der Waals surface area contributed by atoms with E-state index < -0.39 is 12.6 Å². The molecule has 0 aliphatic carbocycles. The maximum Gasteiger partial charge on any atom is 0.389 e. The average Bonchev–Trinajstić information content (AvgIpc) is 2.94. The molecule has 1 aromatic heterocycles. The normalized spacial score (nSPS) is 12.4. The number of aliphatic hydroxyl groups excluding tert-OH is 1. The Morgan fingerprint density at radius 2 is 1.40 bits per heavy atom. The van der Waals surface area contributed by atoms with Crippen molar-refractivity contribution in [2.75, 3.05) is 0 Å². The predicted octanol–water partition coefficient (Wildman–Crippen LogP) is 11.8. The number of aryl methyl sites for hydroxylation is 3. The summed E-state index contributed by atoms with van der Waals surface area (Å²) in [5.41, 5.74) is 4.72. The molecule has 48 heavy (non-hydrogen) atoms. The Hall–Kier alpha value is -3.02. The van der Waals surface area contributed by atoms with Gasteiger partial charge in [0.1, 0.15) is 0 Å². The van der Waals surface area contributed by atoms with Crippen molar-refractivity contribution in [3.63, 3.8) is 0 Å². The van der Waals surface area contributed by atoms with Crippen LogP contribution in [0.1, 0.15) is 78.5 Å². The van der Waals surface area contributed by atoms with Gasteiger partial charge in [0.15, 0.2) is 5.78 Å². The van der Waals surface area contributed by atoms with Crippen molar-refractivity contribution in [3.05, 3.63) is 89.3 Å². The van der Waals surface area contributed by atoms with Crippen molar-refractivity contribution in [3.8, 4) is 11.3 Å². The number of carbonyl (C=O) groups excluding carboxylic acids is 1. The topological polar surface area (TPSA) is 50.2 Å². The number of benzene rings is 3. The maximum absolute atomic E-state index is 12.5. The molecule has 0 aliphatic rings. The van der Waals surface area contributed by atoms with Gasteiger partial charge in [-0.25, -0.2) is 0 Å². The molecule has 0 unspecified atom stereocenters. The fourth-order valence-electron chi connectivity index (χ4n) is 6.94. The number of carbonyl (C=O) groups is 1. The molecule has 0 bridgehead atoms. The van der Waals surface area contributed by atoms with Crippen molar-refractivity contribution in [1.82, 2.24) is 4.98 Å². The molecule has 0 spiro atoms. The first-order valence-electron chi connectivity index (χ1n) is 16.7. The monoisotopic (exact) mass is 839 g/mol. The quantitative estimate of drug-likeness (QED) is 0.0749. The minimum atomic E-state index is -4.14. The molecule has 7 heteroatoms. The molecule has 0 saturated carbocycles. The summed E-state index contributed by atoms with van der Waals surface area (Å²) in [4.78, 5) is 16.9. The van der Waals surface area contributed by atoms with Crippen LogP contribution in [0.5, 0.6) is 0 Å². The Kier molecular flexibility index (Phi) is 15.1. The molecule has 4 aromatic rings. The SMILES string of the molecule is CC(C)C(C(=O)/C=C(\O)C(C(C)C)C(C)C)C(C)C.Cc1[c-]c(-c2nccc3c2ccc2cc(CCC(F)(F)F)ccc23)cc(C)c1.[Ir]. The second-order valence-electron chi connectivity index (χ2n) is 14.2. The third kappa shape index (κ3) is 11.0. The first kappa shape index (κ1) is 41.2. The Morgan fingerprint density at radius 1 is 0.812 bits per heavy atom. The third-order valence-electron chi connectivity index (χ3n) is 8.76. The number of fused-ring (bicyclic) bond motifs is 3. The second-order valence-corrected chi connectivity index (χ2v) is 14.2. The third-order valence-corrected chi connectivity index (χ3v) is 8.76. The molecule has 3 aromatic carbocycles. The first-order valence-corrected chi connectivity index (χ1v) is 16.7. The number of alkyl halides is 3. The van der Waals surface area contributed by atoms with Crippen LogP contribution in [0, 0.1) is 55.4 Å². The molecular weight excluding hydrogens is 788 g/mol. The van der Waals surface area contributed by atoms with E-state index in [1.54, 1.807) is 12.3 Å². The number of rotatable bonds is 10. The van der Waals surface area contributed by atoms with E-state index in [0.717, 1.165) is 43.9 Å². The van der Waals surface area contributed by atoms with Crippen LogP contribution in [0.4, 0.5) is 13.2 Å². The zero-order valence-corrected chi connectivity index (χ0v) is 32.3. The average molecular weight is 839 g/mol. The van der Waals surface area contributed by atoms with E-state index in [2.05, 4.69) is 78.6 Å². The molecule has 0 atom stereocenters. The molecule has 0 saturated heterocycles. The van der Waals surface area contributed by atoms with Crippen molar-refractivity contribution < 1.29 is 43.2 Å². The number of aliphatic hydroxyl groups is 1. The van der Waals surface area contributed by atoms with Crippen molar-refractivity contribution in [2.45, 2.75) is 88.3 Å². The van der Waals surface area contributed by atoms with Crippen LogP contribution in [-0.2, 0) is 31.3 Å². The Bertz CT molecular complexity index is 1670. The van der Waals surface area contributed by atoms with E-state index in [-0.39, 0.29) is 49.9 Å². The van der Waals surface area contributed by atoms with Crippen LogP contribution in [0.25, 0.3) is 32.8 Å². The summed E-state index contributed by atoms with van der Waals surface area (Å²) in [6.07, 6.45) is -1.68. The van der Waals surface area contributed by atoms with Crippen LogP contribution < -0.4 is 0 Å². The Balaban J connectivity index is 0.000000355. The van der Waals surface area contributed by atoms with E-state index >= 15 is 0 Å². The summed E-state index contributed by atoms with van der Waals surface area (Å²) in [5, 5.41) is 14.3. The minimum absolute atomic E-state index is 0. The van der Waals surface area contributed by atoms with Gasteiger partial charge in [0.05, 0.1) is 5.76 Å². The van der Waals surface area contributed by atoms with Gasteiger partial charge in [0, 0.05) is 50.6 Å². The van der Waals surface area contributed by atoms with E-state index in [9.17, 15) is 23.1 Å². The van der Waals surface area contributed by atoms with Gasteiger partial charge in [0.25, 0.3) is 0 Å². The molecule has 0 aliphatic heterocycles. The Morgan fingerprint density at radius 3 is 1.94 bits per heavy atom. The van der Waals surface area contributed by atoms with E-state index in [0.29, 0.717) is 29.2 Å². The molecule has 1 radical (unpaired) electrons. The van der Waals surface area contributed by atoms with Crippen LogP contribution in [0.2, 0.25) is 0 Å². The van der Waals surface area contributed by atoms with Crippen LogP contribution in [0.15, 0.2) is 66.6 Å². The standard InChI is InChI=1S/C24H19F3N.C17H32O2.Ir/c1-15-11-16(2)13-19(12-15)23-22-6-4-18-14-17(7-9-24(25,26)27)3-5-20(18)21(22)8-10-28-23;1-10(2)16(11(3)4)14(18)9-15(19)17(12(5)6)13(7)8;/h3-6,8,10-12,14H,7,9H2,1-2H3;9-13,16-18H,1-8H3;/q-1;;/b;14-9-;. The van der Waals surface area contributed by atoms with Crippen molar-refractivity contribution in [2.24, 2.45) is 35.5 Å². The summed E-state index contributed by atoms with van der Waals surface area (Å²) in [5.74, 6) is 1.63. The van der Waals surface area contributed by atoms with Crippen molar-refractivity contribution in [1.29, 1.82) is 0 Å². The number of hydrogen-bond acceptors (Lipinski definition) is 3. The largest absolute Gasteiger partial charge is 0.512 e. The first-order chi connectivity index (χ1) is 21.9. The van der Waals surface area contributed by atoms with Gasteiger partial charge < -0.3 is 10.1 Å². The number of hydrogen-bond donors (Lipinski definition) is 1. The molecule has 3 nitrogen and oxygen atoms in total. The summed E-state index contributed by atoms with van der Waals surface area (Å²) in [6, 6.07) is 19.0. The zero-order valence-electron chi connectivity index (χ0n) is 29.9. The van der Waals surface area contributed by atoms with Crippen LogP contribution in [0.3, 0.4) is 0 Å². The van der Waals surface area contributed by atoms with E-state index in [4.69, 9.17) is 0 Å². The summed E-state index contributed by atoms with van der Waals surface area (Å²) in [6.45, 7) is 20.7. The van der Waals surface area contributed by atoms with Crippen molar-refractivity contribution >= 4 is 27.3 Å². The van der Waals surface area contributed by atoms with Gasteiger partial charge in [-0.1, -0.05) is 99.6 Å². The zero-order chi connectivity index (χ0) is 35.2. The van der Waals surface area contributed by atoms with Gasteiger partial charge in [-0.2, -0.15) is 13.2 Å². The molecule has 0 amide bonds. The summed E-state index contributed by atoms with van der Waals surface area (Å²) < 4.78 is 37.5. The molecular formula is C41H51F3IrNO2-. The van der Waals surface area contributed by atoms with Gasteiger partial charge in [0.2, 0.25) is 0 Å². The Labute approximate surface area is 298 Å². The fraction of sp³-hybridized carbons (Fsp3) is 0.463. The van der Waals surface area contributed by atoms with Crippen LogP contribution in [-0.4, -0.2) is 22.1 Å². The number of pyridine rings is 1. The summed E-state index contributed by atoms with van der Waals surface area (Å²) >= 11 is 0. The molecule has 4 rings (SSSR count). The number of allylic oxidation sites excluding steroid dienone is 2. The number of nitrogens with zero attached hydrogens (tertiary/aromatic N) is 1. The number of aromatic nitrogens is 1. The predicted molar refractivity (Wildman–Crippen MR) is 189 cm³/mol. The van der Waals surface area contributed by atoms with E-state index in [1.165, 1.54) is 6.08 Å². The second kappa shape index (κ2) is 17.6. The fourth-order valence-corrected chi connectivity index (χ4v) is 6.94. The molecule has 263 valence electrons. The number of ketones is 1. The molecule has 1 heterocycles. The minimum Gasteiger partial charge on any atom is -0.512 e. The molecule has 1 N–H and O–H groups in total.